The van der Waals surface area contributed by atoms with Gasteiger partial charge in [-0.2, -0.15) is 0 Å². The van der Waals surface area contributed by atoms with Gasteiger partial charge in [0.25, 0.3) is 0 Å². The van der Waals surface area contributed by atoms with Crippen molar-refractivity contribution in [2.45, 2.75) is 6.92 Å². The zero-order valence-corrected chi connectivity index (χ0v) is 12.8. The van der Waals surface area contributed by atoms with Gasteiger partial charge >= 0.3 is 0 Å². The van der Waals surface area contributed by atoms with Gasteiger partial charge in [0.1, 0.15) is 12.1 Å². The molecule has 4 N–H and O–H groups in total. The molecule has 0 aliphatic rings. The molecule has 0 aliphatic heterocycles. The highest BCUT2D eigenvalue weighted by Gasteiger charge is 2.11. The van der Waals surface area contributed by atoms with E-state index in [4.69, 9.17) is 11.5 Å². The lowest BCUT2D eigenvalue weighted by atomic mass is 10.0. The molecule has 2 aromatic carbocycles. The van der Waals surface area contributed by atoms with Crippen molar-refractivity contribution >= 4 is 43.1 Å². The number of thiophene rings is 1. The first-order valence-corrected chi connectivity index (χ1v) is 7.74. The van der Waals surface area contributed by atoms with Crippen molar-refractivity contribution < 1.29 is 0 Å². The number of nitrogen functional groups attached to an aromatic ring is 2. The molecule has 2 aromatic heterocycles. The maximum atomic E-state index is 6.16. The molecule has 108 valence electrons. The molecule has 4 rings (SSSR count). The van der Waals surface area contributed by atoms with Gasteiger partial charge in [-0.3, -0.25) is 0 Å². The summed E-state index contributed by atoms with van der Waals surface area (Å²) in [7, 11) is 0. The molecule has 0 fully saturated rings. The number of nitrogens with zero attached hydrogens (tertiary/aromatic N) is 2. The molecular formula is C17H14N4S. The maximum Gasteiger partial charge on any atom is 0.144 e. The minimum absolute atomic E-state index is 0.530. The predicted octanol–water partition coefficient (Wildman–Crippen LogP) is 3.98. The van der Waals surface area contributed by atoms with Crippen LogP contribution in [0.5, 0.6) is 0 Å². The number of benzene rings is 2. The molecule has 0 radical (unpaired) electrons. The molecule has 0 atom stereocenters. The summed E-state index contributed by atoms with van der Waals surface area (Å²) >= 11 is 1.62. The highest BCUT2D eigenvalue weighted by atomic mass is 32.1. The van der Waals surface area contributed by atoms with Crippen molar-refractivity contribution in [2.75, 3.05) is 11.5 Å². The van der Waals surface area contributed by atoms with Crippen LogP contribution >= 0.6 is 11.3 Å². The first kappa shape index (κ1) is 13.0. The lowest BCUT2D eigenvalue weighted by Crippen LogP contribution is -1.90. The predicted molar refractivity (Wildman–Crippen MR) is 93.9 cm³/mol. The molecule has 0 saturated heterocycles. The molecule has 5 heteroatoms. The molecule has 4 nitrogen and oxygen atoms in total. The van der Waals surface area contributed by atoms with Crippen LogP contribution in [0.3, 0.4) is 0 Å². The zero-order chi connectivity index (χ0) is 15.3. The number of aromatic nitrogens is 2. The van der Waals surface area contributed by atoms with Gasteiger partial charge in [-0.1, -0.05) is 24.3 Å². The van der Waals surface area contributed by atoms with Crippen LogP contribution in [0.4, 0.5) is 11.5 Å². The lowest BCUT2D eigenvalue weighted by molar-refractivity contribution is 1.24. The topological polar surface area (TPSA) is 77.8 Å². The van der Waals surface area contributed by atoms with Crippen molar-refractivity contribution in [3.8, 4) is 11.1 Å². The van der Waals surface area contributed by atoms with E-state index in [9.17, 15) is 0 Å². The summed E-state index contributed by atoms with van der Waals surface area (Å²) in [6, 6.07) is 12.4. The first-order valence-electron chi connectivity index (χ1n) is 6.93. The number of hydrogen-bond acceptors (Lipinski definition) is 5. The molecule has 2 heterocycles. The van der Waals surface area contributed by atoms with Crippen LogP contribution in [0.2, 0.25) is 0 Å². The van der Waals surface area contributed by atoms with E-state index in [0.717, 1.165) is 42.7 Å². The molecular weight excluding hydrogens is 292 g/mol. The summed E-state index contributed by atoms with van der Waals surface area (Å²) in [6.07, 6.45) is 1.51. The average molecular weight is 306 g/mol. The minimum Gasteiger partial charge on any atom is -0.398 e. The quantitative estimate of drug-likeness (QED) is 0.521. The van der Waals surface area contributed by atoms with Crippen LogP contribution in [0.15, 0.2) is 42.7 Å². The SMILES string of the molecule is Cc1ccc(-c2ccc3c(c2)sc2c(N)ncnc23)c(N)c1. The van der Waals surface area contributed by atoms with Crippen molar-refractivity contribution in [3.05, 3.63) is 48.3 Å². The number of nitrogens with two attached hydrogens (primary N) is 2. The third-order valence-corrected chi connectivity index (χ3v) is 4.96. The zero-order valence-electron chi connectivity index (χ0n) is 12.0. The van der Waals surface area contributed by atoms with Gasteiger partial charge in [-0.25, -0.2) is 9.97 Å². The third kappa shape index (κ3) is 1.90. The van der Waals surface area contributed by atoms with Crippen LogP contribution in [-0.2, 0) is 0 Å². The summed E-state index contributed by atoms with van der Waals surface area (Å²) in [6.45, 7) is 2.04. The number of anilines is 2. The Morgan fingerprint density at radius 1 is 1.00 bits per heavy atom. The second-order valence-corrected chi connectivity index (χ2v) is 6.39. The molecule has 0 aliphatic carbocycles. The van der Waals surface area contributed by atoms with Crippen LogP contribution in [-0.4, -0.2) is 9.97 Å². The van der Waals surface area contributed by atoms with Gasteiger partial charge in [0.15, 0.2) is 0 Å². The Hall–Kier alpha value is -2.66. The Bertz CT molecular complexity index is 1020. The summed E-state index contributed by atoms with van der Waals surface area (Å²) in [4.78, 5) is 8.42. The van der Waals surface area contributed by atoms with E-state index in [1.807, 2.05) is 13.0 Å². The van der Waals surface area contributed by atoms with E-state index in [0.29, 0.717) is 5.82 Å². The van der Waals surface area contributed by atoms with Crippen molar-refractivity contribution in [1.82, 2.24) is 9.97 Å². The van der Waals surface area contributed by atoms with Crippen molar-refractivity contribution in [3.63, 3.8) is 0 Å². The van der Waals surface area contributed by atoms with Gasteiger partial charge in [0.05, 0.1) is 10.2 Å². The van der Waals surface area contributed by atoms with Gasteiger partial charge in [-0.05, 0) is 30.2 Å². The summed E-state index contributed by atoms with van der Waals surface area (Å²) in [5.41, 5.74) is 17.1. The van der Waals surface area contributed by atoms with Crippen LogP contribution < -0.4 is 11.5 Å². The summed E-state index contributed by atoms with van der Waals surface area (Å²) < 4.78 is 2.08. The van der Waals surface area contributed by atoms with Gasteiger partial charge in [0.2, 0.25) is 0 Å². The molecule has 0 unspecified atom stereocenters. The van der Waals surface area contributed by atoms with E-state index in [1.54, 1.807) is 11.3 Å². The number of rotatable bonds is 1. The highest BCUT2D eigenvalue weighted by Crippen LogP contribution is 2.38. The normalized spacial score (nSPS) is 11.3. The lowest BCUT2D eigenvalue weighted by Gasteiger charge is -2.07. The smallest absolute Gasteiger partial charge is 0.144 e. The fraction of sp³-hybridized carbons (Fsp3) is 0.0588. The van der Waals surface area contributed by atoms with E-state index >= 15 is 0 Å². The number of fused-ring (bicyclic) bond motifs is 3. The highest BCUT2D eigenvalue weighted by molar-refractivity contribution is 7.26. The fourth-order valence-corrected chi connectivity index (χ4v) is 3.80. The van der Waals surface area contributed by atoms with Gasteiger partial charge in [-0.15, -0.1) is 11.3 Å². The standard InChI is InChI=1S/C17H14N4S/c1-9-2-4-11(13(18)6-9)10-3-5-12-14(7-10)22-16-15(12)20-8-21-17(16)19/h2-8H,18H2,1H3,(H2,19,20,21). The van der Waals surface area contributed by atoms with Crippen molar-refractivity contribution in [1.29, 1.82) is 0 Å². The Morgan fingerprint density at radius 2 is 1.86 bits per heavy atom. The monoisotopic (exact) mass is 306 g/mol. The molecule has 4 aromatic rings. The summed E-state index contributed by atoms with van der Waals surface area (Å²) in [5, 5.41) is 1.10. The van der Waals surface area contributed by atoms with Crippen LogP contribution in [0.25, 0.3) is 31.4 Å². The summed E-state index contributed by atoms with van der Waals surface area (Å²) in [5.74, 6) is 0.530. The van der Waals surface area contributed by atoms with Crippen molar-refractivity contribution in [2.24, 2.45) is 0 Å². The van der Waals surface area contributed by atoms with Crippen LogP contribution in [0.1, 0.15) is 5.56 Å². The van der Waals surface area contributed by atoms with E-state index in [1.165, 1.54) is 6.33 Å². The van der Waals surface area contributed by atoms with E-state index in [-0.39, 0.29) is 0 Å². The Morgan fingerprint density at radius 3 is 2.68 bits per heavy atom. The second-order valence-electron chi connectivity index (χ2n) is 5.34. The number of aryl methyl sites for hydroxylation is 1. The minimum atomic E-state index is 0.530. The van der Waals surface area contributed by atoms with Gasteiger partial charge in [0, 0.05) is 21.3 Å². The Balaban J connectivity index is 1.97. The van der Waals surface area contributed by atoms with E-state index in [2.05, 4.69) is 40.3 Å². The number of hydrogen-bond donors (Lipinski definition) is 2. The third-order valence-electron chi connectivity index (χ3n) is 3.80. The Kier molecular flexibility index (Phi) is 2.77. The van der Waals surface area contributed by atoms with E-state index < -0.39 is 0 Å². The molecule has 0 bridgehead atoms. The maximum absolute atomic E-state index is 6.16. The first-order chi connectivity index (χ1) is 10.6. The Labute approximate surface area is 131 Å². The second kappa shape index (κ2) is 4.68. The molecule has 22 heavy (non-hydrogen) atoms. The van der Waals surface area contributed by atoms with Crippen LogP contribution in [0, 0.1) is 6.92 Å². The molecule has 0 spiro atoms. The average Bonchev–Trinajstić information content (AvgIpc) is 2.86. The largest absolute Gasteiger partial charge is 0.398 e. The fourth-order valence-electron chi connectivity index (χ4n) is 2.70. The molecule has 0 saturated carbocycles. The molecule has 0 amide bonds. The van der Waals surface area contributed by atoms with Gasteiger partial charge < -0.3 is 11.5 Å².